The molecule has 6 nitrogen and oxygen atoms in total. The quantitative estimate of drug-likeness (QED) is 0.654. The van der Waals surface area contributed by atoms with Crippen LogP contribution in [0, 0.1) is 0 Å². The standard InChI is InChI=1S/C19H23N5O/c1-24-12-20-15-9-8-13(11-17(15)24)10-16-18(25)23-19(22-16)21-14-6-4-2-3-5-7-14/h8-12,14H,2-7H2,1H3,(H2,21,22,23,25)/b16-10-. The average Bonchev–Trinajstić information content (AvgIpc) is 3.01. The van der Waals surface area contributed by atoms with Crippen LogP contribution in [0.2, 0.25) is 0 Å². The molecule has 1 saturated carbocycles. The van der Waals surface area contributed by atoms with Crippen LogP contribution < -0.4 is 10.6 Å². The highest BCUT2D eigenvalue weighted by Gasteiger charge is 2.22. The lowest BCUT2D eigenvalue weighted by Gasteiger charge is -2.16. The Morgan fingerprint density at radius 2 is 2.04 bits per heavy atom. The minimum atomic E-state index is -0.152. The zero-order valence-electron chi connectivity index (χ0n) is 14.5. The van der Waals surface area contributed by atoms with Gasteiger partial charge in [0.25, 0.3) is 5.91 Å². The minimum Gasteiger partial charge on any atom is -0.353 e. The van der Waals surface area contributed by atoms with Crippen LogP contribution in [0.5, 0.6) is 0 Å². The lowest BCUT2D eigenvalue weighted by molar-refractivity contribution is -0.115. The third-order valence-electron chi connectivity index (χ3n) is 4.95. The van der Waals surface area contributed by atoms with Gasteiger partial charge in [0.05, 0.1) is 17.4 Å². The number of nitrogens with zero attached hydrogens (tertiary/aromatic N) is 3. The third kappa shape index (κ3) is 3.43. The topological polar surface area (TPSA) is 71.3 Å². The van der Waals surface area contributed by atoms with Crippen molar-refractivity contribution in [3.8, 4) is 0 Å². The van der Waals surface area contributed by atoms with E-state index in [0.29, 0.717) is 17.7 Å². The van der Waals surface area contributed by atoms with Gasteiger partial charge in [-0.25, -0.2) is 9.98 Å². The number of aryl methyl sites for hydroxylation is 1. The van der Waals surface area contributed by atoms with Crippen molar-refractivity contribution in [3.05, 3.63) is 35.8 Å². The molecule has 1 fully saturated rings. The molecule has 0 spiro atoms. The first kappa shape index (κ1) is 15.9. The molecule has 1 amide bonds. The van der Waals surface area contributed by atoms with Crippen molar-refractivity contribution in [1.82, 2.24) is 20.2 Å². The molecule has 2 aliphatic rings. The molecule has 2 N–H and O–H groups in total. The monoisotopic (exact) mass is 337 g/mol. The number of aliphatic imine (C=N–C) groups is 1. The molecular weight excluding hydrogens is 314 g/mol. The van der Waals surface area contributed by atoms with Crippen LogP contribution in [-0.2, 0) is 11.8 Å². The van der Waals surface area contributed by atoms with Crippen molar-refractivity contribution >= 4 is 29.0 Å². The van der Waals surface area contributed by atoms with Crippen molar-refractivity contribution in [2.24, 2.45) is 12.0 Å². The van der Waals surface area contributed by atoms with Crippen LogP contribution in [-0.4, -0.2) is 27.5 Å². The summed E-state index contributed by atoms with van der Waals surface area (Å²) in [5, 5.41) is 6.25. The first-order chi connectivity index (χ1) is 12.2. The molecule has 1 aromatic heterocycles. The van der Waals surface area contributed by atoms with E-state index in [9.17, 15) is 4.79 Å². The molecule has 1 aliphatic carbocycles. The van der Waals surface area contributed by atoms with Gasteiger partial charge < -0.3 is 9.88 Å². The highest BCUT2D eigenvalue weighted by molar-refractivity contribution is 6.13. The van der Waals surface area contributed by atoms with E-state index in [1.165, 1.54) is 25.7 Å². The maximum Gasteiger partial charge on any atom is 0.276 e. The molecule has 1 aromatic carbocycles. The number of guanidine groups is 1. The Bertz CT molecular complexity index is 856. The number of carbonyl (C=O) groups excluding carboxylic acids is 1. The van der Waals surface area contributed by atoms with Crippen LogP contribution in [0.4, 0.5) is 0 Å². The molecule has 4 rings (SSSR count). The molecule has 0 radical (unpaired) electrons. The van der Waals surface area contributed by atoms with Gasteiger partial charge in [-0.15, -0.1) is 0 Å². The van der Waals surface area contributed by atoms with Gasteiger partial charge in [-0.05, 0) is 36.6 Å². The Morgan fingerprint density at radius 3 is 2.84 bits per heavy atom. The van der Waals surface area contributed by atoms with Crippen LogP contribution in [0.15, 0.2) is 35.2 Å². The normalized spacial score (nSPS) is 20.6. The van der Waals surface area contributed by atoms with Gasteiger partial charge in [0.2, 0.25) is 5.96 Å². The lowest BCUT2D eigenvalue weighted by Crippen LogP contribution is -2.42. The molecule has 2 heterocycles. The number of hydrogen-bond acceptors (Lipinski definition) is 4. The third-order valence-corrected chi connectivity index (χ3v) is 4.95. The summed E-state index contributed by atoms with van der Waals surface area (Å²) >= 11 is 0. The number of carbonyl (C=O) groups is 1. The summed E-state index contributed by atoms with van der Waals surface area (Å²) in [7, 11) is 1.96. The molecule has 1 aliphatic heterocycles. The Kier molecular flexibility index (Phi) is 4.26. The van der Waals surface area contributed by atoms with Crippen LogP contribution >= 0.6 is 0 Å². The Balaban J connectivity index is 1.53. The summed E-state index contributed by atoms with van der Waals surface area (Å²) in [6, 6.07) is 6.35. The summed E-state index contributed by atoms with van der Waals surface area (Å²) in [5.41, 5.74) is 3.37. The number of fused-ring (bicyclic) bond motifs is 1. The van der Waals surface area contributed by atoms with Crippen molar-refractivity contribution in [1.29, 1.82) is 0 Å². The van der Waals surface area contributed by atoms with Crippen LogP contribution in [0.1, 0.15) is 44.1 Å². The second kappa shape index (κ2) is 6.70. The number of aromatic nitrogens is 2. The molecule has 0 saturated heterocycles. The van der Waals surface area contributed by atoms with Crippen molar-refractivity contribution in [3.63, 3.8) is 0 Å². The maximum absolute atomic E-state index is 12.2. The highest BCUT2D eigenvalue weighted by atomic mass is 16.2. The summed E-state index contributed by atoms with van der Waals surface area (Å²) in [4.78, 5) is 21.0. The number of nitrogens with one attached hydrogen (secondary N) is 2. The van der Waals surface area contributed by atoms with Gasteiger partial charge in [0, 0.05) is 13.1 Å². The van der Waals surface area contributed by atoms with Gasteiger partial charge >= 0.3 is 0 Å². The van der Waals surface area contributed by atoms with E-state index >= 15 is 0 Å². The highest BCUT2D eigenvalue weighted by Crippen LogP contribution is 2.19. The predicted molar refractivity (Wildman–Crippen MR) is 98.9 cm³/mol. The zero-order valence-corrected chi connectivity index (χ0v) is 14.5. The maximum atomic E-state index is 12.2. The SMILES string of the molecule is Cn1cnc2ccc(/C=C3\N=C(NC4CCCCCC4)NC3=O)cc21. The average molecular weight is 337 g/mol. The van der Waals surface area contributed by atoms with E-state index < -0.39 is 0 Å². The second-order valence-electron chi connectivity index (χ2n) is 6.88. The fraction of sp³-hybridized carbons (Fsp3) is 0.421. The van der Waals surface area contributed by atoms with Crippen molar-refractivity contribution in [2.45, 2.75) is 44.6 Å². The summed E-state index contributed by atoms with van der Waals surface area (Å²) < 4.78 is 1.97. The van der Waals surface area contributed by atoms with Crippen LogP contribution in [0.25, 0.3) is 17.1 Å². The van der Waals surface area contributed by atoms with Gasteiger partial charge in [0.15, 0.2) is 0 Å². The number of amides is 1. The van der Waals surface area contributed by atoms with Gasteiger partial charge in [-0.3, -0.25) is 10.1 Å². The molecule has 0 unspecified atom stereocenters. The molecule has 0 atom stereocenters. The van der Waals surface area contributed by atoms with E-state index in [2.05, 4.69) is 20.6 Å². The van der Waals surface area contributed by atoms with E-state index in [-0.39, 0.29) is 5.91 Å². The molecule has 0 bridgehead atoms. The fourth-order valence-electron chi connectivity index (χ4n) is 3.54. The van der Waals surface area contributed by atoms with Gasteiger partial charge in [-0.2, -0.15) is 0 Å². The van der Waals surface area contributed by atoms with E-state index in [1.807, 2.05) is 35.9 Å². The first-order valence-corrected chi connectivity index (χ1v) is 8.98. The Hall–Kier alpha value is -2.63. The molecule has 130 valence electrons. The Morgan fingerprint density at radius 1 is 1.24 bits per heavy atom. The van der Waals surface area contributed by atoms with Crippen LogP contribution in [0.3, 0.4) is 0 Å². The first-order valence-electron chi connectivity index (χ1n) is 8.98. The number of rotatable bonds is 2. The van der Waals surface area contributed by atoms with E-state index in [0.717, 1.165) is 29.4 Å². The number of imidazole rings is 1. The van der Waals surface area contributed by atoms with Gasteiger partial charge in [0.1, 0.15) is 5.70 Å². The molecular formula is C19H23N5O. The summed E-state index contributed by atoms with van der Waals surface area (Å²) in [6.07, 6.45) is 11.0. The molecule has 6 heteroatoms. The molecule has 25 heavy (non-hydrogen) atoms. The van der Waals surface area contributed by atoms with Crippen molar-refractivity contribution in [2.75, 3.05) is 0 Å². The van der Waals surface area contributed by atoms with Crippen molar-refractivity contribution < 1.29 is 4.79 Å². The lowest BCUT2D eigenvalue weighted by atomic mass is 10.1. The van der Waals surface area contributed by atoms with E-state index in [1.54, 1.807) is 6.33 Å². The van der Waals surface area contributed by atoms with E-state index in [4.69, 9.17) is 0 Å². The fourth-order valence-corrected chi connectivity index (χ4v) is 3.54. The predicted octanol–water partition coefficient (Wildman–Crippen LogP) is 2.71. The number of benzene rings is 1. The number of hydrogen-bond donors (Lipinski definition) is 2. The largest absolute Gasteiger partial charge is 0.353 e. The minimum absolute atomic E-state index is 0.152. The second-order valence-corrected chi connectivity index (χ2v) is 6.88. The molecule has 2 aromatic rings. The summed E-state index contributed by atoms with van der Waals surface area (Å²) in [5.74, 6) is 0.436. The summed E-state index contributed by atoms with van der Waals surface area (Å²) in [6.45, 7) is 0. The Labute approximate surface area is 147 Å². The zero-order chi connectivity index (χ0) is 17.2. The van der Waals surface area contributed by atoms with Gasteiger partial charge in [-0.1, -0.05) is 31.7 Å². The smallest absolute Gasteiger partial charge is 0.276 e.